The standard InChI is InChI=1S/C16H19ClN6/c1-10-18-16(20-19-10)14-7-4-8-23(14)9-12-15-11(17)5-3-6-13(15)22(2)21-12/h3,5-6,14H,4,7-9H2,1-2H3,(H,18,19,20)/t14-/m0/s1. The fourth-order valence-electron chi connectivity index (χ4n) is 3.47. The van der Waals surface area contributed by atoms with Crippen molar-refractivity contribution in [2.75, 3.05) is 6.54 Å². The maximum Gasteiger partial charge on any atom is 0.167 e. The van der Waals surface area contributed by atoms with E-state index in [0.29, 0.717) is 0 Å². The van der Waals surface area contributed by atoms with Crippen molar-refractivity contribution in [1.82, 2.24) is 29.9 Å². The van der Waals surface area contributed by atoms with Crippen LogP contribution in [0.4, 0.5) is 0 Å². The number of hydrogen-bond donors (Lipinski definition) is 1. The maximum atomic E-state index is 6.42. The Morgan fingerprint density at radius 2 is 2.26 bits per heavy atom. The lowest BCUT2D eigenvalue weighted by molar-refractivity contribution is 0.237. The predicted octanol–water partition coefficient (Wildman–Crippen LogP) is 2.99. The molecule has 4 rings (SSSR count). The first-order chi connectivity index (χ1) is 11.1. The molecule has 1 atom stereocenters. The summed E-state index contributed by atoms with van der Waals surface area (Å²) in [6.45, 7) is 3.72. The van der Waals surface area contributed by atoms with E-state index < -0.39 is 0 Å². The molecule has 0 aliphatic carbocycles. The molecule has 1 saturated heterocycles. The van der Waals surface area contributed by atoms with Crippen molar-refractivity contribution >= 4 is 22.5 Å². The van der Waals surface area contributed by atoms with E-state index >= 15 is 0 Å². The van der Waals surface area contributed by atoms with Gasteiger partial charge in [0.25, 0.3) is 0 Å². The molecule has 6 nitrogen and oxygen atoms in total. The van der Waals surface area contributed by atoms with Gasteiger partial charge in [-0.3, -0.25) is 14.7 Å². The van der Waals surface area contributed by atoms with Crippen LogP contribution in [0.5, 0.6) is 0 Å². The number of fused-ring (bicyclic) bond motifs is 1. The van der Waals surface area contributed by atoms with Gasteiger partial charge >= 0.3 is 0 Å². The van der Waals surface area contributed by atoms with Crippen molar-refractivity contribution in [3.05, 3.63) is 40.6 Å². The Hall–Kier alpha value is -1.92. The predicted molar refractivity (Wildman–Crippen MR) is 89.2 cm³/mol. The highest BCUT2D eigenvalue weighted by Crippen LogP contribution is 2.33. The number of benzene rings is 1. The van der Waals surface area contributed by atoms with E-state index in [-0.39, 0.29) is 6.04 Å². The monoisotopic (exact) mass is 330 g/mol. The Balaban J connectivity index is 1.67. The molecule has 0 amide bonds. The van der Waals surface area contributed by atoms with Crippen molar-refractivity contribution < 1.29 is 0 Å². The Morgan fingerprint density at radius 1 is 1.39 bits per heavy atom. The molecule has 0 radical (unpaired) electrons. The lowest BCUT2D eigenvalue weighted by Gasteiger charge is -2.21. The lowest BCUT2D eigenvalue weighted by atomic mass is 10.1. The number of aromatic nitrogens is 5. The van der Waals surface area contributed by atoms with Crippen LogP contribution in [0.2, 0.25) is 5.02 Å². The molecule has 120 valence electrons. The molecule has 0 saturated carbocycles. The van der Waals surface area contributed by atoms with E-state index in [9.17, 15) is 0 Å². The van der Waals surface area contributed by atoms with Crippen LogP contribution in [-0.2, 0) is 13.6 Å². The summed E-state index contributed by atoms with van der Waals surface area (Å²) in [5.41, 5.74) is 2.09. The van der Waals surface area contributed by atoms with Gasteiger partial charge in [0.2, 0.25) is 0 Å². The van der Waals surface area contributed by atoms with Crippen LogP contribution >= 0.6 is 11.6 Å². The van der Waals surface area contributed by atoms with Crippen LogP contribution < -0.4 is 0 Å². The molecule has 3 aromatic rings. The zero-order valence-corrected chi connectivity index (χ0v) is 14.0. The second-order valence-electron chi connectivity index (χ2n) is 6.11. The topological polar surface area (TPSA) is 62.6 Å². The number of likely N-dealkylation sites (tertiary alicyclic amines) is 1. The Morgan fingerprint density at radius 3 is 3.04 bits per heavy atom. The largest absolute Gasteiger partial charge is 0.287 e. The Kier molecular flexibility index (Phi) is 3.58. The van der Waals surface area contributed by atoms with E-state index in [1.54, 1.807) is 0 Å². The van der Waals surface area contributed by atoms with Gasteiger partial charge in [-0.25, -0.2) is 4.98 Å². The number of H-pyrrole nitrogens is 1. The molecule has 7 heteroatoms. The molecule has 1 fully saturated rings. The summed E-state index contributed by atoms with van der Waals surface area (Å²) in [4.78, 5) is 6.91. The van der Waals surface area contributed by atoms with Gasteiger partial charge in [0, 0.05) is 19.0 Å². The Labute approximate surface area is 139 Å². The third kappa shape index (κ3) is 2.52. The first kappa shape index (κ1) is 14.7. The third-order valence-corrected chi connectivity index (χ3v) is 4.84. The molecule has 0 spiro atoms. The normalized spacial score (nSPS) is 19.0. The van der Waals surface area contributed by atoms with Crippen molar-refractivity contribution in [2.45, 2.75) is 32.4 Å². The summed E-state index contributed by atoms with van der Waals surface area (Å²) in [7, 11) is 1.96. The molecule has 1 aliphatic rings. The molecule has 1 aliphatic heterocycles. The van der Waals surface area contributed by atoms with E-state index in [2.05, 4.69) is 31.2 Å². The maximum absolute atomic E-state index is 6.42. The first-order valence-corrected chi connectivity index (χ1v) is 8.24. The van der Waals surface area contributed by atoms with Gasteiger partial charge in [0.15, 0.2) is 5.82 Å². The minimum absolute atomic E-state index is 0.250. The van der Waals surface area contributed by atoms with Crippen LogP contribution in [0.1, 0.15) is 36.2 Å². The van der Waals surface area contributed by atoms with Gasteiger partial charge in [0.05, 0.1) is 22.3 Å². The van der Waals surface area contributed by atoms with Crippen molar-refractivity contribution in [3.8, 4) is 0 Å². The molecule has 3 heterocycles. The number of aryl methyl sites for hydroxylation is 2. The summed E-state index contributed by atoms with van der Waals surface area (Å²) in [6, 6.07) is 6.19. The highest BCUT2D eigenvalue weighted by atomic mass is 35.5. The molecular weight excluding hydrogens is 312 g/mol. The SMILES string of the molecule is Cc1nc([C@@H]2CCCN2Cc2nn(C)c3cccc(Cl)c23)n[nH]1. The van der Waals surface area contributed by atoms with Crippen LogP contribution in [0, 0.1) is 6.92 Å². The van der Waals surface area contributed by atoms with Crippen molar-refractivity contribution in [3.63, 3.8) is 0 Å². The summed E-state index contributed by atoms with van der Waals surface area (Å²) in [6.07, 6.45) is 2.23. The van der Waals surface area contributed by atoms with Crippen LogP contribution in [0.25, 0.3) is 10.9 Å². The highest BCUT2D eigenvalue weighted by Gasteiger charge is 2.30. The fourth-order valence-corrected chi connectivity index (χ4v) is 3.75. The van der Waals surface area contributed by atoms with Crippen LogP contribution in [-0.4, -0.2) is 36.4 Å². The van der Waals surface area contributed by atoms with Gasteiger partial charge in [-0.1, -0.05) is 17.7 Å². The molecule has 23 heavy (non-hydrogen) atoms. The minimum atomic E-state index is 0.250. The van der Waals surface area contributed by atoms with Gasteiger partial charge in [-0.15, -0.1) is 0 Å². The third-order valence-electron chi connectivity index (χ3n) is 4.53. The number of hydrogen-bond acceptors (Lipinski definition) is 4. The van der Waals surface area contributed by atoms with E-state index in [1.165, 1.54) is 0 Å². The minimum Gasteiger partial charge on any atom is -0.287 e. The van der Waals surface area contributed by atoms with E-state index in [0.717, 1.165) is 59.2 Å². The van der Waals surface area contributed by atoms with E-state index in [1.807, 2.05) is 30.8 Å². The second kappa shape index (κ2) is 5.62. The second-order valence-corrected chi connectivity index (χ2v) is 6.52. The molecule has 0 bridgehead atoms. The number of halogens is 1. The summed E-state index contributed by atoms with van der Waals surface area (Å²) < 4.78 is 1.90. The summed E-state index contributed by atoms with van der Waals surface area (Å²) in [5, 5.41) is 13.8. The zero-order valence-electron chi connectivity index (χ0n) is 13.3. The van der Waals surface area contributed by atoms with E-state index in [4.69, 9.17) is 11.6 Å². The molecular formula is C16H19ClN6. The number of nitrogens with zero attached hydrogens (tertiary/aromatic N) is 5. The van der Waals surface area contributed by atoms with Crippen molar-refractivity contribution in [2.24, 2.45) is 7.05 Å². The zero-order chi connectivity index (χ0) is 16.0. The molecule has 1 N–H and O–H groups in total. The van der Waals surface area contributed by atoms with Gasteiger partial charge in [0.1, 0.15) is 5.82 Å². The summed E-state index contributed by atoms with van der Waals surface area (Å²) in [5.74, 6) is 1.74. The van der Waals surface area contributed by atoms with Gasteiger partial charge < -0.3 is 0 Å². The number of aromatic amines is 1. The molecule has 1 aromatic carbocycles. The van der Waals surface area contributed by atoms with Gasteiger partial charge in [-0.05, 0) is 38.4 Å². The average molecular weight is 331 g/mol. The van der Waals surface area contributed by atoms with Crippen LogP contribution in [0.3, 0.4) is 0 Å². The summed E-state index contributed by atoms with van der Waals surface area (Å²) >= 11 is 6.42. The van der Waals surface area contributed by atoms with Gasteiger partial charge in [-0.2, -0.15) is 10.2 Å². The number of rotatable bonds is 3. The highest BCUT2D eigenvalue weighted by molar-refractivity contribution is 6.35. The molecule has 0 unspecified atom stereocenters. The smallest absolute Gasteiger partial charge is 0.167 e. The van der Waals surface area contributed by atoms with Crippen LogP contribution in [0.15, 0.2) is 18.2 Å². The number of nitrogens with one attached hydrogen (secondary N) is 1. The Bertz CT molecular complexity index is 851. The first-order valence-electron chi connectivity index (χ1n) is 7.86. The molecule has 2 aromatic heterocycles. The quantitative estimate of drug-likeness (QED) is 0.802. The van der Waals surface area contributed by atoms with Crippen molar-refractivity contribution in [1.29, 1.82) is 0 Å². The fraction of sp³-hybridized carbons (Fsp3) is 0.438. The lowest BCUT2D eigenvalue weighted by Crippen LogP contribution is -2.24. The average Bonchev–Trinajstić information content (AvgIpc) is 3.21.